The van der Waals surface area contributed by atoms with Gasteiger partial charge in [0.1, 0.15) is 0 Å². The molecular formula is C17H24O5S. The summed E-state index contributed by atoms with van der Waals surface area (Å²) >= 11 is 0. The highest BCUT2D eigenvalue weighted by molar-refractivity contribution is 7.86. The molecule has 1 aromatic carbocycles. The van der Waals surface area contributed by atoms with E-state index in [1.165, 1.54) is 7.11 Å². The van der Waals surface area contributed by atoms with Crippen molar-refractivity contribution >= 4 is 16.1 Å². The van der Waals surface area contributed by atoms with Crippen molar-refractivity contribution in [3.63, 3.8) is 0 Å². The van der Waals surface area contributed by atoms with Crippen LogP contribution in [0, 0.1) is 18.3 Å². The van der Waals surface area contributed by atoms with E-state index in [9.17, 15) is 13.2 Å². The molecule has 0 saturated heterocycles. The van der Waals surface area contributed by atoms with Crippen LogP contribution in [-0.4, -0.2) is 28.1 Å². The first kappa shape index (κ1) is 17.9. The second-order valence-corrected chi connectivity index (χ2v) is 8.16. The normalized spacial score (nSPS) is 25.1. The van der Waals surface area contributed by atoms with E-state index in [4.69, 9.17) is 8.92 Å². The fourth-order valence-corrected chi connectivity index (χ4v) is 3.87. The minimum atomic E-state index is -3.72. The van der Waals surface area contributed by atoms with Crippen molar-refractivity contribution in [3.8, 4) is 0 Å². The van der Waals surface area contributed by atoms with E-state index in [-0.39, 0.29) is 23.4 Å². The lowest BCUT2D eigenvalue weighted by molar-refractivity contribution is -0.154. The van der Waals surface area contributed by atoms with Crippen molar-refractivity contribution in [2.24, 2.45) is 11.3 Å². The van der Waals surface area contributed by atoms with Crippen LogP contribution < -0.4 is 0 Å². The SMILES string of the molecule is COC(=O)C1(C)CCC(COS(=O)(=O)c2ccc(C)cc2)CC1. The van der Waals surface area contributed by atoms with E-state index in [1.807, 2.05) is 13.8 Å². The molecule has 6 heteroatoms. The number of carbonyl (C=O) groups excluding carboxylic acids is 1. The molecule has 1 fully saturated rings. The summed E-state index contributed by atoms with van der Waals surface area (Å²) in [6.45, 7) is 3.96. The Hall–Kier alpha value is -1.40. The predicted molar refractivity (Wildman–Crippen MR) is 86.4 cm³/mol. The predicted octanol–water partition coefficient (Wildman–Crippen LogP) is 3.07. The number of ether oxygens (including phenoxy) is 1. The van der Waals surface area contributed by atoms with E-state index in [1.54, 1.807) is 24.3 Å². The number of aryl methyl sites for hydroxylation is 1. The van der Waals surface area contributed by atoms with Gasteiger partial charge in [-0.1, -0.05) is 17.7 Å². The maximum Gasteiger partial charge on any atom is 0.311 e. The highest BCUT2D eigenvalue weighted by Gasteiger charge is 2.38. The molecule has 2 rings (SSSR count). The summed E-state index contributed by atoms with van der Waals surface area (Å²) < 4.78 is 34.4. The molecule has 0 aliphatic heterocycles. The molecule has 1 aliphatic carbocycles. The zero-order chi connectivity index (χ0) is 17.1. The average Bonchev–Trinajstić information content (AvgIpc) is 2.54. The molecular weight excluding hydrogens is 316 g/mol. The van der Waals surface area contributed by atoms with Crippen molar-refractivity contribution in [1.82, 2.24) is 0 Å². The summed E-state index contributed by atoms with van der Waals surface area (Å²) in [5.74, 6) is -0.0444. The van der Waals surface area contributed by atoms with Gasteiger partial charge in [-0.15, -0.1) is 0 Å². The van der Waals surface area contributed by atoms with Crippen LogP contribution in [0.1, 0.15) is 38.2 Å². The van der Waals surface area contributed by atoms with Gasteiger partial charge in [-0.3, -0.25) is 8.98 Å². The minimum absolute atomic E-state index is 0.146. The lowest BCUT2D eigenvalue weighted by Gasteiger charge is -2.34. The Morgan fingerprint density at radius 3 is 2.30 bits per heavy atom. The third-order valence-electron chi connectivity index (χ3n) is 4.66. The first-order chi connectivity index (χ1) is 10.8. The Morgan fingerprint density at radius 2 is 1.78 bits per heavy atom. The molecule has 0 bridgehead atoms. The molecule has 5 nitrogen and oxygen atoms in total. The molecule has 1 saturated carbocycles. The summed E-state index contributed by atoms with van der Waals surface area (Å²) in [4.78, 5) is 12.0. The van der Waals surface area contributed by atoms with Crippen LogP contribution >= 0.6 is 0 Å². The second kappa shape index (κ2) is 7.01. The van der Waals surface area contributed by atoms with Gasteiger partial charge in [0.25, 0.3) is 10.1 Å². The minimum Gasteiger partial charge on any atom is -0.469 e. The molecule has 1 aliphatic rings. The van der Waals surface area contributed by atoms with Gasteiger partial charge in [-0.2, -0.15) is 8.42 Å². The molecule has 1 aromatic rings. The summed E-state index contributed by atoms with van der Waals surface area (Å²) in [6, 6.07) is 6.61. The summed E-state index contributed by atoms with van der Waals surface area (Å²) in [5, 5.41) is 0. The van der Waals surface area contributed by atoms with Crippen LogP contribution in [0.25, 0.3) is 0 Å². The number of rotatable bonds is 5. The van der Waals surface area contributed by atoms with E-state index in [2.05, 4.69) is 0 Å². The number of esters is 1. The lowest BCUT2D eigenvalue weighted by Crippen LogP contribution is -2.34. The molecule has 0 N–H and O–H groups in total. The van der Waals surface area contributed by atoms with Crippen LogP contribution in [-0.2, 0) is 23.8 Å². The maximum absolute atomic E-state index is 12.2. The van der Waals surface area contributed by atoms with Crippen LogP contribution in [0.3, 0.4) is 0 Å². The zero-order valence-electron chi connectivity index (χ0n) is 13.9. The summed E-state index contributed by atoms with van der Waals surface area (Å²) in [5.41, 5.74) is 0.541. The standard InChI is InChI=1S/C17H24O5S/c1-13-4-6-15(7-5-13)23(19,20)22-12-14-8-10-17(2,11-9-14)16(18)21-3/h4-7,14H,8-12H2,1-3H3. The van der Waals surface area contributed by atoms with Crippen LogP contribution in [0.5, 0.6) is 0 Å². The van der Waals surface area contributed by atoms with Crippen molar-refractivity contribution in [2.45, 2.75) is 44.4 Å². The number of methoxy groups -OCH3 is 1. The molecule has 0 atom stereocenters. The van der Waals surface area contributed by atoms with Gasteiger partial charge >= 0.3 is 5.97 Å². The van der Waals surface area contributed by atoms with Crippen molar-refractivity contribution in [2.75, 3.05) is 13.7 Å². The van der Waals surface area contributed by atoms with Crippen LogP contribution in [0.15, 0.2) is 29.2 Å². The van der Waals surface area contributed by atoms with Crippen molar-refractivity contribution in [1.29, 1.82) is 0 Å². The third-order valence-corrected chi connectivity index (χ3v) is 5.95. The number of hydrogen-bond acceptors (Lipinski definition) is 5. The third kappa shape index (κ3) is 4.32. The quantitative estimate of drug-likeness (QED) is 0.608. The number of hydrogen-bond donors (Lipinski definition) is 0. The topological polar surface area (TPSA) is 69.7 Å². The van der Waals surface area contributed by atoms with E-state index < -0.39 is 15.5 Å². The Kier molecular flexibility index (Phi) is 5.47. The average molecular weight is 340 g/mol. The highest BCUT2D eigenvalue weighted by atomic mass is 32.2. The van der Waals surface area contributed by atoms with Gasteiger partial charge in [0, 0.05) is 0 Å². The lowest BCUT2D eigenvalue weighted by atomic mass is 9.72. The Bertz CT molecular complexity index is 640. The molecule has 0 unspecified atom stereocenters. The van der Waals surface area contributed by atoms with E-state index in [0.717, 1.165) is 18.4 Å². The van der Waals surface area contributed by atoms with Gasteiger partial charge in [-0.05, 0) is 57.6 Å². The number of carbonyl (C=O) groups is 1. The summed E-state index contributed by atoms with van der Waals surface area (Å²) in [7, 11) is -2.32. The smallest absolute Gasteiger partial charge is 0.311 e. The molecule has 0 amide bonds. The molecule has 128 valence electrons. The van der Waals surface area contributed by atoms with E-state index in [0.29, 0.717) is 12.8 Å². The van der Waals surface area contributed by atoms with Crippen LogP contribution in [0.2, 0.25) is 0 Å². The van der Waals surface area contributed by atoms with E-state index >= 15 is 0 Å². The Balaban J connectivity index is 1.90. The second-order valence-electron chi connectivity index (χ2n) is 6.55. The van der Waals surface area contributed by atoms with Gasteiger partial charge in [0.2, 0.25) is 0 Å². The molecule has 0 aromatic heterocycles. The largest absolute Gasteiger partial charge is 0.469 e. The first-order valence-corrected chi connectivity index (χ1v) is 9.22. The van der Waals surface area contributed by atoms with Gasteiger partial charge in [0.05, 0.1) is 24.0 Å². The van der Waals surface area contributed by atoms with Gasteiger partial charge in [0.15, 0.2) is 0 Å². The molecule has 23 heavy (non-hydrogen) atoms. The molecule has 0 radical (unpaired) electrons. The zero-order valence-corrected chi connectivity index (χ0v) is 14.7. The number of benzene rings is 1. The maximum atomic E-state index is 12.2. The fourth-order valence-electron chi connectivity index (χ4n) is 2.89. The van der Waals surface area contributed by atoms with Gasteiger partial charge < -0.3 is 4.74 Å². The highest BCUT2D eigenvalue weighted by Crippen LogP contribution is 2.39. The Morgan fingerprint density at radius 1 is 1.22 bits per heavy atom. The summed E-state index contributed by atoms with van der Waals surface area (Å²) in [6.07, 6.45) is 2.90. The fraction of sp³-hybridized carbons (Fsp3) is 0.588. The molecule has 0 heterocycles. The Labute approximate surface area is 138 Å². The van der Waals surface area contributed by atoms with Crippen LogP contribution in [0.4, 0.5) is 0 Å². The van der Waals surface area contributed by atoms with Crippen molar-refractivity contribution < 1.29 is 22.1 Å². The monoisotopic (exact) mass is 340 g/mol. The molecule has 0 spiro atoms. The van der Waals surface area contributed by atoms with Gasteiger partial charge in [-0.25, -0.2) is 0 Å². The van der Waals surface area contributed by atoms with Crippen molar-refractivity contribution in [3.05, 3.63) is 29.8 Å². The first-order valence-electron chi connectivity index (χ1n) is 7.81.